The van der Waals surface area contributed by atoms with Gasteiger partial charge in [0.15, 0.2) is 0 Å². The van der Waals surface area contributed by atoms with Crippen molar-refractivity contribution in [3.8, 4) is 0 Å². The second-order valence-corrected chi connectivity index (χ2v) is 4.88. The maximum atomic E-state index is 3.97. The average molecular weight is 240 g/mol. The maximum absolute atomic E-state index is 3.97. The van der Waals surface area contributed by atoms with E-state index in [-0.39, 0.29) is 5.41 Å². The van der Waals surface area contributed by atoms with Gasteiger partial charge in [-0.25, -0.2) is 0 Å². The summed E-state index contributed by atoms with van der Waals surface area (Å²) in [5.74, 6) is 0. The number of pyridine rings is 1. The summed E-state index contributed by atoms with van der Waals surface area (Å²) >= 11 is 3.58. The second-order valence-electron chi connectivity index (χ2n) is 4.02. The van der Waals surface area contributed by atoms with Crippen molar-refractivity contribution in [2.24, 2.45) is 5.41 Å². The third-order valence-corrected chi connectivity index (χ3v) is 3.13. The summed E-state index contributed by atoms with van der Waals surface area (Å²) in [4.78, 5) is 3.97. The molecule has 1 aromatic rings. The molecule has 0 fully saturated rings. The molecule has 0 atom stereocenters. The average Bonchev–Trinajstić information content (AvgIpc) is 2.04. The SMILES string of the molecule is CC(C)(C)C(Br)=Cc1ccncc1. The number of allylic oxidation sites excluding steroid dienone is 1. The second kappa shape index (κ2) is 4.05. The third-order valence-electron chi connectivity index (χ3n) is 1.72. The van der Waals surface area contributed by atoms with E-state index in [0.717, 1.165) is 0 Å². The molecule has 13 heavy (non-hydrogen) atoms. The van der Waals surface area contributed by atoms with Crippen LogP contribution in [-0.2, 0) is 0 Å². The highest BCUT2D eigenvalue weighted by Crippen LogP contribution is 2.31. The van der Waals surface area contributed by atoms with Crippen molar-refractivity contribution in [2.75, 3.05) is 0 Å². The van der Waals surface area contributed by atoms with Crippen LogP contribution in [0.1, 0.15) is 26.3 Å². The summed E-state index contributed by atoms with van der Waals surface area (Å²) in [6.07, 6.45) is 5.73. The zero-order chi connectivity index (χ0) is 9.90. The van der Waals surface area contributed by atoms with E-state index in [1.165, 1.54) is 10.0 Å². The van der Waals surface area contributed by atoms with Crippen LogP contribution in [0.3, 0.4) is 0 Å². The highest BCUT2D eigenvalue weighted by atomic mass is 79.9. The van der Waals surface area contributed by atoms with Gasteiger partial charge >= 0.3 is 0 Å². The molecule has 0 N–H and O–H groups in total. The quantitative estimate of drug-likeness (QED) is 0.726. The van der Waals surface area contributed by atoms with Gasteiger partial charge in [0.25, 0.3) is 0 Å². The normalized spacial score (nSPS) is 13.1. The number of halogens is 1. The first-order valence-electron chi connectivity index (χ1n) is 4.28. The monoisotopic (exact) mass is 239 g/mol. The standard InChI is InChI=1S/C11H14BrN/c1-11(2,3)10(12)8-9-4-6-13-7-5-9/h4-8H,1-3H3. The molecule has 0 saturated carbocycles. The summed E-state index contributed by atoms with van der Waals surface area (Å²) in [6, 6.07) is 3.99. The Morgan fingerprint density at radius 2 is 1.85 bits per heavy atom. The Kier molecular flexibility index (Phi) is 3.26. The molecule has 0 unspecified atom stereocenters. The van der Waals surface area contributed by atoms with Crippen molar-refractivity contribution in [3.63, 3.8) is 0 Å². The first kappa shape index (κ1) is 10.5. The minimum absolute atomic E-state index is 0.170. The third kappa shape index (κ3) is 3.31. The molecule has 0 aliphatic carbocycles. The van der Waals surface area contributed by atoms with Crippen LogP contribution >= 0.6 is 15.9 Å². The molecule has 0 aliphatic rings. The molecule has 0 aliphatic heterocycles. The first-order chi connectivity index (χ1) is 6.00. The van der Waals surface area contributed by atoms with Crippen molar-refractivity contribution in [3.05, 3.63) is 34.6 Å². The summed E-state index contributed by atoms with van der Waals surface area (Å²) in [5, 5.41) is 0. The summed E-state index contributed by atoms with van der Waals surface area (Å²) in [7, 11) is 0. The molecule has 1 aromatic heterocycles. The van der Waals surface area contributed by atoms with Gasteiger partial charge in [-0.1, -0.05) is 36.7 Å². The van der Waals surface area contributed by atoms with E-state index in [1.807, 2.05) is 12.1 Å². The van der Waals surface area contributed by atoms with Gasteiger partial charge in [-0.05, 0) is 29.2 Å². The van der Waals surface area contributed by atoms with Gasteiger partial charge in [-0.2, -0.15) is 0 Å². The van der Waals surface area contributed by atoms with E-state index in [2.05, 4.69) is 47.8 Å². The van der Waals surface area contributed by atoms with Crippen molar-refractivity contribution in [2.45, 2.75) is 20.8 Å². The fraction of sp³-hybridized carbons (Fsp3) is 0.364. The molecule has 2 heteroatoms. The van der Waals surface area contributed by atoms with Gasteiger partial charge in [-0.15, -0.1) is 0 Å². The Morgan fingerprint density at radius 3 is 2.31 bits per heavy atom. The van der Waals surface area contributed by atoms with Crippen molar-refractivity contribution >= 4 is 22.0 Å². The Bertz CT molecular complexity index is 296. The summed E-state index contributed by atoms with van der Waals surface area (Å²) in [6.45, 7) is 6.53. The van der Waals surface area contributed by atoms with Crippen LogP contribution < -0.4 is 0 Å². The molecule has 0 bridgehead atoms. The maximum Gasteiger partial charge on any atom is 0.0273 e. The van der Waals surface area contributed by atoms with E-state index >= 15 is 0 Å². The fourth-order valence-corrected chi connectivity index (χ4v) is 1.09. The molecule has 0 amide bonds. The van der Waals surface area contributed by atoms with E-state index < -0.39 is 0 Å². The van der Waals surface area contributed by atoms with E-state index in [9.17, 15) is 0 Å². The number of hydrogen-bond donors (Lipinski definition) is 0. The van der Waals surface area contributed by atoms with Gasteiger partial charge < -0.3 is 0 Å². The predicted octanol–water partition coefficient (Wildman–Crippen LogP) is 3.86. The van der Waals surface area contributed by atoms with Crippen LogP contribution in [0.4, 0.5) is 0 Å². The Morgan fingerprint density at radius 1 is 1.31 bits per heavy atom. The fourth-order valence-electron chi connectivity index (χ4n) is 0.823. The van der Waals surface area contributed by atoms with Crippen molar-refractivity contribution in [1.29, 1.82) is 0 Å². The molecule has 0 saturated heterocycles. The minimum Gasteiger partial charge on any atom is -0.265 e. The molecule has 0 spiro atoms. The van der Waals surface area contributed by atoms with Crippen LogP contribution in [0.2, 0.25) is 0 Å². The molecule has 1 rings (SSSR count). The van der Waals surface area contributed by atoms with Gasteiger partial charge in [0.2, 0.25) is 0 Å². The molecular weight excluding hydrogens is 226 g/mol. The van der Waals surface area contributed by atoms with Gasteiger partial charge in [-0.3, -0.25) is 4.98 Å². The number of hydrogen-bond acceptors (Lipinski definition) is 1. The smallest absolute Gasteiger partial charge is 0.0273 e. The van der Waals surface area contributed by atoms with Gasteiger partial charge in [0, 0.05) is 16.9 Å². The predicted molar refractivity (Wildman–Crippen MR) is 60.6 cm³/mol. The molecule has 0 radical (unpaired) electrons. The summed E-state index contributed by atoms with van der Waals surface area (Å²) < 4.78 is 1.20. The Labute approximate surface area is 88.0 Å². The van der Waals surface area contributed by atoms with Crippen molar-refractivity contribution < 1.29 is 0 Å². The van der Waals surface area contributed by atoms with Crippen LogP contribution in [0, 0.1) is 5.41 Å². The van der Waals surface area contributed by atoms with E-state index in [1.54, 1.807) is 12.4 Å². The Hall–Kier alpha value is -0.630. The lowest BCUT2D eigenvalue weighted by Crippen LogP contribution is -2.03. The topological polar surface area (TPSA) is 12.9 Å². The van der Waals surface area contributed by atoms with E-state index in [4.69, 9.17) is 0 Å². The lowest BCUT2D eigenvalue weighted by Gasteiger charge is -2.17. The zero-order valence-electron chi connectivity index (χ0n) is 8.21. The molecule has 70 valence electrons. The molecule has 1 heterocycles. The molecule has 0 aromatic carbocycles. The Balaban J connectivity index is 2.90. The number of rotatable bonds is 1. The van der Waals surface area contributed by atoms with Crippen LogP contribution in [-0.4, -0.2) is 4.98 Å². The highest BCUT2D eigenvalue weighted by Gasteiger charge is 2.13. The number of nitrogens with zero attached hydrogens (tertiary/aromatic N) is 1. The lowest BCUT2D eigenvalue weighted by molar-refractivity contribution is 0.539. The van der Waals surface area contributed by atoms with E-state index in [0.29, 0.717) is 0 Å². The first-order valence-corrected chi connectivity index (χ1v) is 5.07. The molecule has 1 nitrogen and oxygen atoms in total. The van der Waals surface area contributed by atoms with Crippen LogP contribution in [0.15, 0.2) is 29.0 Å². The highest BCUT2D eigenvalue weighted by molar-refractivity contribution is 9.11. The molecular formula is C11H14BrN. The van der Waals surface area contributed by atoms with Crippen LogP contribution in [0.5, 0.6) is 0 Å². The summed E-state index contributed by atoms with van der Waals surface area (Å²) in [5.41, 5.74) is 1.35. The van der Waals surface area contributed by atoms with Crippen molar-refractivity contribution in [1.82, 2.24) is 4.98 Å². The largest absolute Gasteiger partial charge is 0.265 e. The van der Waals surface area contributed by atoms with Gasteiger partial charge in [0.05, 0.1) is 0 Å². The minimum atomic E-state index is 0.170. The van der Waals surface area contributed by atoms with Crippen LogP contribution in [0.25, 0.3) is 6.08 Å². The van der Waals surface area contributed by atoms with Gasteiger partial charge in [0.1, 0.15) is 0 Å². The number of aromatic nitrogens is 1. The zero-order valence-corrected chi connectivity index (χ0v) is 9.80. The lowest BCUT2D eigenvalue weighted by atomic mass is 9.95.